The molecule has 7 heteroatoms. The van der Waals surface area contributed by atoms with Crippen LogP contribution in [0.3, 0.4) is 0 Å². The topological polar surface area (TPSA) is 99.3 Å². The number of carbonyl (C=O) groups is 1. The monoisotopic (exact) mass is 234 g/mol. The smallest absolute Gasteiger partial charge is 0.296 e. The molecule has 0 saturated carbocycles. The summed E-state index contributed by atoms with van der Waals surface area (Å²) < 4.78 is 0. The Labute approximate surface area is 98.0 Å². The molecule has 0 spiro atoms. The van der Waals surface area contributed by atoms with Crippen LogP contribution in [-0.4, -0.2) is 31.3 Å². The van der Waals surface area contributed by atoms with Crippen LogP contribution < -0.4 is 5.32 Å². The molecule has 0 atom stereocenters. The Morgan fingerprint density at radius 2 is 2.06 bits per heavy atom. The summed E-state index contributed by atoms with van der Waals surface area (Å²) >= 11 is 0. The number of rotatable bonds is 3. The second-order valence-electron chi connectivity index (χ2n) is 3.74. The van der Waals surface area contributed by atoms with Crippen molar-refractivity contribution in [2.45, 2.75) is 27.2 Å². The summed E-state index contributed by atoms with van der Waals surface area (Å²) in [6.07, 6.45) is 0.709. The van der Waals surface area contributed by atoms with Crippen LogP contribution in [0.25, 0.3) is 0 Å². The van der Waals surface area contributed by atoms with Crippen LogP contribution >= 0.6 is 0 Å². The molecule has 90 valence electrons. The van der Waals surface area contributed by atoms with Crippen molar-refractivity contribution in [1.29, 1.82) is 0 Å². The first kappa shape index (κ1) is 11.3. The zero-order valence-electron chi connectivity index (χ0n) is 9.96. The Bertz CT molecular complexity index is 541. The molecule has 0 radical (unpaired) electrons. The SMILES string of the molecule is CCc1nc(C(=O)Nc2n[nH]c(C)c2C)n[nH]1. The standard InChI is InChI=1S/C10H14N6O/c1-4-7-11-9(16-14-7)10(17)12-8-5(2)6(3)13-15-8/h4H2,1-3H3,(H,11,14,16)(H2,12,13,15,17). The fourth-order valence-electron chi connectivity index (χ4n) is 1.33. The highest BCUT2D eigenvalue weighted by Gasteiger charge is 2.15. The largest absolute Gasteiger partial charge is 0.302 e. The lowest BCUT2D eigenvalue weighted by Crippen LogP contribution is -2.14. The molecular weight excluding hydrogens is 220 g/mol. The molecule has 2 aromatic rings. The van der Waals surface area contributed by atoms with E-state index in [0.29, 0.717) is 18.1 Å². The lowest BCUT2D eigenvalue weighted by molar-refractivity contribution is 0.101. The van der Waals surface area contributed by atoms with Gasteiger partial charge in [0, 0.05) is 17.7 Å². The minimum Gasteiger partial charge on any atom is -0.302 e. The van der Waals surface area contributed by atoms with Gasteiger partial charge >= 0.3 is 0 Å². The fourth-order valence-corrected chi connectivity index (χ4v) is 1.33. The predicted octanol–water partition coefficient (Wildman–Crippen LogP) is 0.959. The third-order valence-corrected chi connectivity index (χ3v) is 2.55. The van der Waals surface area contributed by atoms with Crippen molar-refractivity contribution < 1.29 is 4.79 Å². The molecule has 0 aliphatic heterocycles. The van der Waals surface area contributed by atoms with Gasteiger partial charge in [0.05, 0.1) is 0 Å². The van der Waals surface area contributed by atoms with Crippen LogP contribution in [-0.2, 0) is 6.42 Å². The fraction of sp³-hybridized carbons (Fsp3) is 0.400. The van der Waals surface area contributed by atoms with E-state index in [9.17, 15) is 4.79 Å². The number of amides is 1. The normalized spacial score (nSPS) is 10.5. The van der Waals surface area contributed by atoms with Gasteiger partial charge in [-0.1, -0.05) is 6.92 Å². The summed E-state index contributed by atoms with van der Waals surface area (Å²) in [7, 11) is 0. The average Bonchev–Trinajstić information content (AvgIpc) is 2.91. The number of aromatic nitrogens is 5. The molecule has 7 nitrogen and oxygen atoms in total. The molecule has 2 aromatic heterocycles. The van der Waals surface area contributed by atoms with Crippen LogP contribution in [0.5, 0.6) is 0 Å². The molecule has 0 bridgehead atoms. The van der Waals surface area contributed by atoms with Crippen molar-refractivity contribution in [2.75, 3.05) is 5.32 Å². The van der Waals surface area contributed by atoms with Gasteiger partial charge in [0.25, 0.3) is 5.91 Å². The number of H-pyrrole nitrogens is 2. The summed E-state index contributed by atoms with van der Waals surface area (Å²) in [5.74, 6) is 0.956. The maximum absolute atomic E-state index is 11.8. The number of anilines is 1. The van der Waals surface area contributed by atoms with E-state index in [2.05, 4.69) is 30.7 Å². The van der Waals surface area contributed by atoms with Crippen LogP contribution in [0, 0.1) is 13.8 Å². The maximum Gasteiger partial charge on any atom is 0.296 e. The second kappa shape index (κ2) is 4.36. The maximum atomic E-state index is 11.8. The number of hydrogen-bond donors (Lipinski definition) is 3. The molecule has 2 rings (SSSR count). The first-order valence-electron chi connectivity index (χ1n) is 5.36. The van der Waals surface area contributed by atoms with Crippen molar-refractivity contribution in [1.82, 2.24) is 25.4 Å². The number of nitrogens with one attached hydrogen (secondary N) is 3. The van der Waals surface area contributed by atoms with Crippen molar-refractivity contribution >= 4 is 11.7 Å². The highest BCUT2D eigenvalue weighted by molar-refractivity contribution is 6.01. The summed E-state index contributed by atoms with van der Waals surface area (Å²) in [6.45, 7) is 5.70. The zero-order chi connectivity index (χ0) is 12.4. The summed E-state index contributed by atoms with van der Waals surface area (Å²) in [5.41, 5.74) is 1.83. The number of aryl methyl sites for hydroxylation is 2. The quantitative estimate of drug-likeness (QED) is 0.736. The van der Waals surface area contributed by atoms with Gasteiger partial charge in [-0.15, -0.1) is 5.10 Å². The third-order valence-electron chi connectivity index (χ3n) is 2.55. The zero-order valence-corrected chi connectivity index (χ0v) is 9.96. The Morgan fingerprint density at radius 3 is 2.59 bits per heavy atom. The molecule has 1 amide bonds. The highest BCUT2D eigenvalue weighted by atomic mass is 16.2. The summed E-state index contributed by atoms with van der Waals surface area (Å²) in [6, 6.07) is 0. The van der Waals surface area contributed by atoms with Crippen molar-refractivity contribution in [3.05, 3.63) is 22.9 Å². The number of aromatic amines is 2. The highest BCUT2D eigenvalue weighted by Crippen LogP contribution is 2.14. The van der Waals surface area contributed by atoms with Crippen LogP contribution in [0.1, 0.15) is 34.6 Å². The first-order chi connectivity index (χ1) is 8.11. The van der Waals surface area contributed by atoms with Crippen molar-refractivity contribution in [2.24, 2.45) is 0 Å². The molecule has 0 unspecified atom stereocenters. The van der Waals surface area contributed by atoms with Crippen LogP contribution in [0.4, 0.5) is 5.82 Å². The van der Waals surface area contributed by atoms with Crippen molar-refractivity contribution in [3.8, 4) is 0 Å². The molecular formula is C10H14N6O. The first-order valence-corrected chi connectivity index (χ1v) is 5.36. The number of carbonyl (C=O) groups excluding carboxylic acids is 1. The number of nitrogens with zero attached hydrogens (tertiary/aromatic N) is 3. The van der Waals surface area contributed by atoms with E-state index >= 15 is 0 Å². The molecule has 0 aliphatic rings. The van der Waals surface area contributed by atoms with E-state index in [1.807, 2.05) is 20.8 Å². The molecule has 17 heavy (non-hydrogen) atoms. The Kier molecular flexibility index (Phi) is 2.90. The Balaban J connectivity index is 2.14. The predicted molar refractivity (Wildman–Crippen MR) is 61.8 cm³/mol. The van der Waals surface area contributed by atoms with E-state index in [1.54, 1.807) is 0 Å². The van der Waals surface area contributed by atoms with Gasteiger partial charge in [0.2, 0.25) is 5.82 Å². The molecule has 0 aromatic carbocycles. The van der Waals surface area contributed by atoms with Gasteiger partial charge < -0.3 is 5.32 Å². The van der Waals surface area contributed by atoms with Crippen molar-refractivity contribution in [3.63, 3.8) is 0 Å². The minimum atomic E-state index is -0.365. The van der Waals surface area contributed by atoms with Gasteiger partial charge in [-0.3, -0.25) is 15.0 Å². The van der Waals surface area contributed by atoms with Gasteiger partial charge in [0.15, 0.2) is 5.82 Å². The molecule has 2 heterocycles. The molecule has 0 aliphatic carbocycles. The molecule has 3 N–H and O–H groups in total. The number of hydrogen-bond acceptors (Lipinski definition) is 4. The van der Waals surface area contributed by atoms with Gasteiger partial charge in [0.1, 0.15) is 5.82 Å². The lowest BCUT2D eigenvalue weighted by atomic mass is 10.3. The van der Waals surface area contributed by atoms with Gasteiger partial charge in [-0.05, 0) is 13.8 Å². The lowest BCUT2D eigenvalue weighted by Gasteiger charge is -1.98. The molecule has 0 fully saturated rings. The summed E-state index contributed by atoms with van der Waals surface area (Å²) in [5, 5.41) is 16.0. The Morgan fingerprint density at radius 1 is 1.29 bits per heavy atom. The van der Waals surface area contributed by atoms with Crippen LogP contribution in [0.15, 0.2) is 0 Å². The van der Waals surface area contributed by atoms with E-state index in [0.717, 1.165) is 11.3 Å². The summed E-state index contributed by atoms with van der Waals surface area (Å²) in [4.78, 5) is 15.8. The van der Waals surface area contributed by atoms with E-state index in [-0.39, 0.29) is 11.7 Å². The van der Waals surface area contributed by atoms with E-state index in [1.165, 1.54) is 0 Å². The van der Waals surface area contributed by atoms with Gasteiger partial charge in [-0.25, -0.2) is 4.98 Å². The minimum absolute atomic E-state index is 0.127. The van der Waals surface area contributed by atoms with Gasteiger partial charge in [-0.2, -0.15) is 5.10 Å². The second-order valence-corrected chi connectivity index (χ2v) is 3.74. The average molecular weight is 234 g/mol. The van der Waals surface area contributed by atoms with E-state index < -0.39 is 0 Å². The Hall–Kier alpha value is -2.18. The molecule has 0 saturated heterocycles. The third kappa shape index (κ3) is 2.17. The van der Waals surface area contributed by atoms with E-state index in [4.69, 9.17) is 0 Å². The van der Waals surface area contributed by atoms with Crippen LogP contribution in [0.2, 0.25) is 0 Å².